The maximum Gasteiger partial charge on any atom is 0.223 e. The quantitative estimate of drug-likeness (QED) is 0.496. The third kappa shape index (κ3) is 8.17. The first-order valence-corrected chi connectivity index (χ1v) is 5.61. The lowest BCUT2D eigenvalue weighted by Crippen LogP contribution is -2.26. The van der Waals surface area contributed by atoms with Crippen LogP contribution in [0.1, 0.15) is 26.2 Å². The number of rotatable bonds is 8. The molecule has 0 saturated carbocycles. The Kier molecular flexibility index (Phi) is 8.43. The molecule has 0 spiro atoms. The first-order valence-electron chi connectivity index (χ1n) is 5.61. The zero-order valence-electron chi connectivity index (χ0n) is 10.5. The summed E-state index contributed by atoms with van der Waals surface area (Å²) in [7, 11) is 3.66. The molecule has 0 aromatic carbocycles. The summed E-state index contributed by atoms with van der Waals surface area (Å²) in [5, 5.41) is 3.04. The van der Waals surface area contributed by atoms with Gasteiger partial charge >= 0.3 is 0 Å². The monoisotopic (exact) mass is 226 g/mol. The highest BCUT2D eigenvalue weighted by atomic mass is 16.2. The van der Waals surface area contributed by atoms with Gasteiger partial charge in [-0.1, -0.05) is 12.2 Å². The minimum absolute atomic E-state index is 0.0217. The van der Waals surface area contributed by atoms with Crippen molar-refractivity contribution in [1.82, 2.24) is 10.2 Å². The molecule has 16 heavy (non-hydrogen) atoms. The molecule has 1 N–H and O–H groups in total. The average molecular weight is 226 g/mol. The molecule has 0 atom stereocenters. The molecule has 0 aromatic rings. The van der Waals surface area contributed by atoms with Crippen molar-refractivity contribution in [3.8, 4) is 0 Å². The van der Waals surface area contributed by atoms with Crippen molar-refractivity contribution >= 4 is 11.7 Å². The molecule has 4 heteroatoms. The van der Waals surface area contributed by atoms with E-state index in [1.54, 1.807) is 11.9 Å². The van der Waals surface area contributed by atoms with Crippen LogP contribution in [0, 0.1) is 0 Å². The summed E-state index contributed by atoms with van der Waals surface area (Å²) in [5.41, 5.74) is 0. The second kappa shape index (κ2) is 9.09. The lowest BCUT2D eigenvalue weighted by Gasteiger charge is -2.14. The molecule has 0 unspecified atom stereocenters. The predicted octanol–water partition coefficient (Wildman–Crippen LogP) is 0.980. The van der Waals surface area contributed by atoms with E-state index in [4.69, 9.17) is 0 Å². The van der Waals surface area contributed by atoms with E-state index < -0.39 is 0 Å². The summed E-state index contributed by atoms with van der Waals surface area (Å²) in [5.74, 6) is 0.0831. The topological polar surface area (TPSA) is 49.4 Å². The van der Waals surface area contributed by atoms with Crippen molar-refractivity contribution in [2.75, 3.05) is 27.2 Å². The van der Waals surface area contributed by atoms with Crippen LogP contribution in [-0.4, -0.2) is 43.8 Å². The van der Waals surface area contributed by atoms with Gasteiger partial charge in [-0.2, -0.15) is 0 Å². The fourth-order valence-electron chi connectivity index (χ4n) is 1.15. The van der Waals surface area contributed by atoms with Gasteiger partial charge in [-0.3, -0.25) is 4.79 Å². The Morgan fingerprint density at radius 2 is 1.94 bits per heavy atom. The maximum atomic E-state index is 11.5. The van der Waals surface area contributed by atoms with E-state index in [1.165, 1.54) is 6.92 Å². The number of ketones is 1. The molecular weight excluding hydrogens is 204 g/mol. The van der Waals surface area contributed by atoms with Crippen molar-refractivity contribution in [3.05, 3.63) is 12.2 Å². The highest BCUT2D eigenvalue weighted by Crippen LogP contribution is 1.97. The van der Waals surface area contributed by atoms with Crippen LogP contribution in [0.25, 0.3) is 0 Å². The molecule has 1 amide bonds. The predicted molar refractivity (Wildman–Crippen MR) is 65.2 cm³/mol. The molecular formula is C12H22N2O2. The molecule has 0 fully saturated rings. The van der Waals surface area contributed by atoms with E-state index >= 15 is 0 Å². The Labute approximate surface area is 97.7 Å². The maximum absolute atomic E-state index is 11.5. The normalized spacial score (nSPS) is 10.7. The van der Waals surface area contributed by atoms with Gasteiger partial charge in [-0.25, -0.2) is 0 Å². The van der Waals surface area contributed by atoms with Gasteiger partial charge in [0, 0.05) is 26.4 Å². The standard InChI is InChI=1S/C12H22N2O2/c1-11(15)7-8-12(16)14(3)10-6-4-5-9-13-2/h4,6,13H,5,7-10H2,1-3H3/b6-4+. The van der Waals surface area contributed by atoms with Crippen molar-refractivity contribution in [2.45, 2.75) is 26.2 Å². The molecule has 0 aromatic heterocycles. The highest BCUT2D eigenvalue weighted by molar-refractivity contribution is 5.83. The fraction of sp³-hybridized carbons (Fsp3) is 0.667. The lowest BCUT2D eigenvalue weighted by atomic mass is 10.2. The molecule has 0 radical (unpaired) electrons. The summed E-state index contributed by atoms with van der Waals surface area (Å²) >= 11 is 0. The Hall–Kier alpha value is -1.16. The van der Waals surface area contributed by atoms with Gasteiger partial charge < -0.3 is 15.0 Å². The number of hydrogen-bond acceptors (Lipinski definition) is 3. The minimum atomic E-state index is 0.0217. The van der Waals surface area contributed by atoms with Gasteiger partial charge in [-0.15, -0.1) is 0 Å². The number of carbonyl (C=O) groups is 2. The van der Waals surface area contributed by atoms with Gasteiger partial charge in [0.25, 0.3) is 0 Å². The highest BCUT2D eigenvalue weighted by Gasteiger charge is 2.07. The smallest absolute Gasteiger partial charge is 0.223 e. The zero-order chi connectivity index (χ0) is 12.4. The van der Waals surface area contributed by atoms with E-state index in [2.05, 4.69) is 5.32 Å². The van der Waals surface area contributed by atoms with E-state index in [-0.39, 0.29) is 11.7 Å². The van der Waals surface area contributed by atoms with Crippen molar-refractivity contribution in [2.24, 2.45) is 0 Å². The molecule has 0 aliphatic carbocycles. The van der Waals surface area contributed by atoms with E-state index in [1.807, 2.05) is 19.2 Å². The number of nitrogens with zero attached hydrogens (tertiary/aromatic N) is 1. The Morgan fingerprint density at radius 1 is 1.25 bits per heavy atom. The van der Waals surface area contributed by atoms with Gasteiger partial charge in [-0.05, 0) is 26.9 Å². The first kappa shape index (κ1) is 14.8. The van der Waals surface area contributed by atoms with Crippen LogP contribution in [0.3, 0.4) is 0 Å². The van der Waals surface area contributed by atoms with Crippen LogP contribution in [-0.2, 0) is 9.59 Å². The molecule has 0 heterocycles. The second-order valence-corrected chi connectivity index (χ2v) is 3.84. The third-order valence-electron chi connectivity index (χ3n) is 2.22. The van der Waals surface area contributed by atoms with Crippen molar-refractivity contribution in [3.63, 3.8) is 0 Å². The molecule has 0 aliphatic rings. The molecule has 0 saturated heterocycles. The van der Waals surface area contributed by atoms with Gasteiger partial charge in [0.1, 0.15) is 5.78 Å². The van der Waals surface area contributed by atoms with Crippen LogP contribution in [0.2, 0.25) is 0 Å². The Balaban J connectivity index is 3.70. The van der Waals surface area contributed by atoms with Crippen molar-refractivity contribution < 1.29 is 9.59 Å². The number of nitrogens with one attached hydrogen (secondary N) is 1. The molecule has 4 nitrogen and oxygen atoms in total. The lowest BCUT2D eigenvalue weighted by molar-refractivity contribution is -0.131. The van der Waals surface area contributed by atoms with Crippen LogP contribution in [0.5, 0.6) is 0 Å². The molecule has 0 bridgehead atoms. The van der Waals surface area contributed by atoms with E-state index in [0.29, 0.717) is 19.4 Å². The van der Waals surface area contributed by atoms with Gasteiger partial charge in [0.05, 0.1) is 0 Å². The number of likely N-dealkylation sites (N-methyl/N-ethyl adjacent to an activating group) is 1. The largest absolute Gasteiger partial charge is 0.342 e. The second-order valence-electron chi connectivity index (χ2n) is 3.84. The van der Waals surface area contributed by atoms with E-state index in [9.17, 15) is 9.59 Å². The van der Waals surface area contributed by atoms with Gasteiger partial charge in [0.2, 0.25) is 5.91 Å². The molecule has 0 aliphatic heterocycles. The van der Waals surface area contributed by atoms with Crippen LogP contribution in [0.15, 0.2) is 12.2 Å². The summed E-state index contributed by atoms with van der Waals surface area (Å²) < 4.78 is 0. The Morgan fingerprint density at radius 3 is 2.50 bits per heavy atom. The molecule has 92 valence electrons. The van der Waals surface area contributed by atoms with Gasteiger partial charge in [0.15, 0.2) is 0 Å². The SMILES string of the molecule is CNCC/C=C/CN(C)C(=O)CCC(C)=O. The van der Waals surface area contributed by atoms with Crippen LogP contribution < -0.4 is 5.32 Å². The summed E-state index contributed by atoms with van der Waals surface area (Å²) in [6.45, 7) is 3.06. The minimum Gasteiger partial charge on any atom is -0.342 e. The number of carbonyl (C=O) groups excluding carboxylic acids is 2. The van der Waals surface area contributed by atoms with Crippen LogP contribution >= 0.6 is 0 Å². The fourth-order valence-corrected chi connectivity index (χ4v) is 1.15. The first-order chi connectivity index (χ1) is 7.57. The Bertz CT molecular complexity index is 249. The van der Waals surface area contributed by atoms with E-state index in [0.717, 1.165) is 13.0 Å². The average Bonchev–Trinajstić information content (AvgIpc) is 2.25. The summed E-state index contributed by atoms with van der Waals surface area (Å²) in [4.78, 5) is 23.8. The zero-order valence-corrected chi connectivity index (χ0v) is 10.5. The third-order valence-corrected chi connectivity index (χ3v) is 2.22. The summed E-state index contributed by atoms with van der Waals surface area (Å²) in [6.07, 6.45) is 5.64. The van der Waals surface area contributed by atoms with Crippen molar-refractivity contribution in [1.29, 1.82) is 0 Å². The number of amides is 1. The molecule has 0 rings (SSSR count). The van der Waals surface area contributed by atoms with Crippen LogP contribution in [0.4, 0.5) is 0 Å². The number of hydrogen-bond donors (Lipinski definition) is 1. The summed E-state index contributed by atoms with van der Waals surface area (Å²) in [6, 6.07) is 0. The number of Topliss-reactive ketones (excluding diaryl/α,β-unsaturated/α-hetero) is 1.